The van der Waals surface area contributed by atoms with Gasteiger partial charge in [0.15, 0.2) is 0 Å². The number of nitrogens with zero attached hydrogens (tertiary/aromatic N) is 3. The van der Waals surface area contributed by atoms with Crippen LogP contribution in [0.4, 0.5) is 0 Å². The van der Waals surface area contributed by atoms with E-state index in [9.17, 15) is 5.11 Å². The second-order valence-corrected chi connectivity index (χ2v) is 5.44. The zero-order valence-corrected chi connectivity index (χ0v) is 12.0. The Labute approximate surface area is 121 Å². The van der Waals surface area contributed by atoms with Gasteiger partial charge in [-0.1, -0.05) is 36.0 Å². The van der Waals surface area contributed by atoms with E-state index >= 15 is 0 Å². The number of aryl methyl sites for hydroxylation is 1. The summed E-state index contributed by atoms with van der Waals surface area (Å²) in [5.41, 5.74) is 2.64. The van der Waals surface area contributed by atoms with Crippen molar-refractivity contribution in [2.75, 3.05) is 0 Å². The molecule has 0 saturated carbocycles. The molecule has 0 saturated heterocycles. The molecule has 102 valence electrons. The molecule has 0 aliphatic rings. The van der Waals surface area contributed by atoms with Gasteiger partial charge in [-0.15, -0.1) is 5.10 Å². The lowest BCUT2D eigenvalue weighted by Crippen LogP contribution is -2.02. The number of fused-ring (bicyclic) bond motifs is 1. The second-order valence-electron chi connectivity index (χ2n) is 4.65. The molecule has 1 N–H and O–H groups in total. The molecule has 0 spiro atoms. The highest BCUT2D eigenvalue weighted by Crippen LogP contribution is 2.31. The van der Waals surface area contributed by atoms with Gasteiger partial charge in [0.25, 0.3) is 0 Å². The average Bonchev–Trinajstić information content (AvgIpc) is 2.94. The molecule has 20 heavy (non-hydrogen) atoms. The largest absolute Gasteiger partial charge is 0.383 e. The van der Waals surface area contributed by atoms with Crippen LogP contribution in [-0.4, -0.2) is 19.7 Å². The van der Waals surface area contributed by atoms with E-state index in [-0.39, 0.29) is 0 Å². The predicted octanol–water partition coefficient (Wildman–Crippen LogP) is 3.12. The van der Waals surface area contributed by atoms with Gasteiger partial charge in [-0.05, 0) is 35.6 Å². The number of hydrogen-bond donors (Lipinski definition) is 1. The maximum atomic E-state index is 10.7. The van der Waals surface area contributed by atoms with Crippen molar-refractivity contribution >= 4 is 22.4 Å². The molecule has 4 nitrogen and oxygen atoms in total. The van der Waals surface area contributed by atoms with E-state index < -0.39 is 6.10 Å². The Kier molecular flexibility index (Phi) is 3.71. The summed E-state index contributed by atoms with van der Waals surface area (Å²) in [7, 11) is 0. The molecule has 2 heterocycles. The number of benzene rings is 1. The van der Waals surface area contributed by atoms with Crippen LogP contribution in [0, 0.1) is 0 Å². The van der Waals surface area contributed by atoms with Gasteiger partial charge in [0.1, 0.15) is 6.10 Å². The highest BCUT2D eigenvalue weighted by atomic mass is 32.1. The van der Waals surface area contributed by atoms with Gasteiger partial charge in [0.05, 0.1) is 16.1 Å². The molecule has 0 amide bonds. The van der Waals surface area contributed by atoms with E-state index in [1.165, 1.54) is 11.5 Å². The average molecular weight is 285 g/mol. The highest BCUT2D eigenvalue weighted by Gasteiger charge is 2.20. The number of aliphatic hydroxyl groups excluding tert-OH is 1. The van der Waals surface area contributed by atoms with Crippen molar-refractivity contribution in [3.05, 3.63) is 52.7 Å². The molecular formula is C15H15N3OS. The van der Waals surface area contributed by atoms with Gasteiger partial charge in [0, 0.05) is 11.6 Å². The third-order valence-electron chi connectivity index (χ3n) is 3.29. The molecular weight excluding hydrogens is 270 g/mol. The highest BCUT2D eigenvalue weighted by molar-refractivity contribution is 7.05. The fourth-order valence-electron chi connectivity index (χ4n) is 2.34. The molecule has 3 rings (SSSR count). The van der Waals surface area contributed by atoms with E-state index in [2.05, 4.69) is 21.5 Å². The maximum Gasteiger partial charge on any atom is 0.117 e. The first-order valence-corrected chi connectivity index (χ1v) is 7.41. The van der Waals surface area contributed by atoms with E-state index in [0.29, 0.717) is 0 Å². The van der Waals surface area contributed by atoms with Gasteiger partial charge in [-0.25, -0.2) is 0 Å². The number of aromatic nitrogens is 3. The fraction of sp³-hybridized carbons (Fsp3) is 0.267. The first-order valence-electron chi connectivity index (χ1n) is 6.64. The Hall–Kier alpha value is -1.85. The number of pyridine rings is 1. The lowest BCUT2D eigenvalue weighted by molar-refractivity contribution is 0.224. The summed E-state index contributed by atoms with van der Waals surface area (Å²) in [6.07, 6.45) is 2.90. The van der Waals surface area contributed by atoms with Gasteiger partial charge in [-0.2, -0.15) is 0 Å². The molecule has 0 radical (unpaired) electrons. The summed E-state index contributed by atoms with van der Waals surface area (Å²) in [5, 5.41) is 15.8. The molecule has 1 aromatic carbocycles. The Morgan fingerprint density at radius 3 is 3.00 bits per heavy atom. The van der Waals surface area contributed by atoms with Gasteiger partial charge < -0.3 is 5.11 Å². The predicted molar refractivity (Wildman–Crippen MR) is 79.7 cm³/mol. The summed E-state index contributed by atoms with van der Waals surface area (Å²) in [6, 6.07) is 9.67. The summed E-state index contributed by atoms with van der Waals surface area (Å²) < 4.78 is 3.98. The molecule has 1 unspecified atom stereocenters. The van der Waals surface area contributed by atoms with Crippen LogP contribution in [0.2, 0.25) is 0 Å². The lowest BCUT2D eigenvalue weighted by atomic mass is 10.0. The topological polar surface area (TPSA) is 58.9 Å². The standard InChI is InChI=1S/C15H15N3OS/c1-2-5-13-15(20-18-17-13)14(19)11-6-3-8-12-10(11)7-4-9-16-12/h3-4,6-9,14,19H,2,5H2,1H3. The lowest BCUT2D eigenvalue weighted by Gasteiger charge is -2.12. The monoisotopic (exact) mass is 285 g/mol. The van der Waals surface area contributed by atoms with Crippen LogP contribution in [0.1, 0.15) is 35.6 Å². The van der Waals surface area contributed by atoms with Gasteiger partial charge in [0.2, 0.25) is 0 Å². The van der Waals surface area contributed by atoms with E-state index in [1.54, 1.807) is 6.20 Å². The summed E-state index contributed by atoms with van der Waals surface area (Å²) in [5.74, 6) is 0. The first kappa shape index (κ1) is 13.1. The quantitative estimate of drug-likeness (QED) is 0.800. The van der Waals surface area contributed by atoms with Crippen molar-refractivity contribution < 1.29 is 5.11 Å². The zero-order valence-electron chi connectivity index (χ0n) is 11.2. The SMILES string of the molecule is CCCc1nnsc1C(O)c1cccc2ncccc12. The first-order chi connectivity index (χ1) is 9.81. The third-order valence-corrected chi connectivity index (χ3v) is 4.11. The van der Waals surface area contributed by atoms with Gasteiger partial charge >= 0.3 is 0 Å². The number of rotatable bonds is 4. The molecule has 5 heteroatoms. The zero-order chi connectivity index (χ0) is 13.9. The Morgan fingerprint density at radius 2 is 2.15 bits per heavy atom. The molecule has 1 atom stereocenters. The fourth-order valence-corrected chi connectivity index (χ4v) is 3.04. The molecule has 0 aliphatic heterocycles. The van der Waals surface area contributed by atoms with Gasteiger partial charge in [-0.3, -0.25) is 4.98 Å². The van der Waals surface area contributed by atoms with E-state index in [0.717, 1.165) is 39.9 Å². The normalized spacial score (nSPS) is 12.7. The van der Waals surface area contributed by atoms with Crippen LogP contribution in [0.25, 0.3) is 10.9 Å². The van der Waals surface area contributed by atoms with Crippen LogP contribution in [0.15, 0.2) is 36.5 Å². The summed E-state index contributed by atoms with van der Waals surface area (Å²) in [4.78, 5) is 5.16. The van der Waals surface area contributed by atoms with Crippen LogP contribution in [-0.2, 0) is 6.42 Å². The molecule has 0 aliphatic carbocycles. The van der Waals surface area contributed by atoms with Crippen molar-refractivity contribution in [2.24, 2.45) is 0 Å². The Bertz CT molecular complexity index is 720. The summed E-state index contributed by atoms with van der Waals surface area (Å²) in [6.45, 7) is 2.09. The number of aliphatic hydroxyl groups is 1. The van der Waals surface area contributed by atoms with Crippen LogP contribution in [0.3, 0.4) is 0 Å². The number of hydrogen-bond acceptors (Lipinski definition) is 5. The van der Waals surface area contributed by atoms with Crippen molar-refractivity contribution in [3.63, 3.8) is 0 Å². The van der Waals surface area contributed by atoms with Crippen LogP contribution in [0.5, 0.6) is 0 Å². The Balaban J connectivity index is 2.08. The van der Waals surface area contributed by atoms with Crippen LogP contribution < -0.4 is 0 Å². The third kappa shape index (κ3) is 2.30. The van der Waals surface area contributed by atoms with Crippen LogP contribution >= 0.6 is 11.5 Å². The summed E-state index contributed by atoms with van der Waals surface area (Å²) >= 11 is 1.27. The molecule has 0 fully saturated rings. The molecule has 3 aromatic rings. The molecule has 0 bridgehead atoms. The van der Waals surface area contributed by atoms with Crippen molar-refractivity contribution in [2.45, 2.75) is 25.9 Å². The Morgan fingerprint density at radius 1 is 1.25 bits per heavy atom. The minimum absolute atomic E-state index is 0.690. The smallest absolute Gasteiger partial charge is 0.117 e. The molecule has 2 aromatic heterocycles. The maximum absolute atomic E-state index is 10.7. The van der Waals surface area contributed by atoms with E-state index in [4.69, 9.17) is 0 Å². The van der Waals surface area contributed by atoms with Crippen molar-refractivity contribution in [3.8, 4) is 0 Å². The van der Waals surface area contributed by atoms with Crippen molar-refractivity contribution in [1.82, 2.24) is 14.6 Å². The minimum atomic E-state index is -0.690. The van der Waals surface area contributed by atoms with E-state index in [1.807, 2.05) is 30.3 Å². The second kappa shape index (κ2) is 5.64. The van der Waals surface area contributed by atoms with Crippen molar-refractivity contribution in [1.29, 1.82) is 0 Å². The minimum Gasteiger partial charge on any atom is -0.383 e.